The summed E-state index contributed by atoms with van der Waals surface area (Å²) in [5.74, 6) is 1.64. The Balaban J connectivity index is 0.000000514. The van der Waals surface area contributed by atoms with Gasteiger partial charge >= 0.3 is 0 Å². The van der Waals surface area contributed by atoms with E-state index in [9.17, 15) is 9.00 Å². The molecule has 2 aliphatic heterocycles. The number of anilines is 1. The summed E-state index contributed by atoms with van der Waals surface area (Å²) in [5.41, 5.74) is 5.11. The van der Waals surface area contributed by atoms with Crippen LogP contribution < -0.4 is 14.4 Å². The van der Waals surface area contributed by atoms with Crippen LogP contribution in [0.1, 0.15) is 86.5 Å². The molecule has 3 aliphatic rings. The first kappa shape index (κ1) is 37.1. The number of carbonyl (C=O) groups excluding carboxylic acids is 1. The number of nitrogens with one attached hydrogen (secondary N) is 1. The number of halogens is 1. The Labute approximate surface area is 300 Å². The molecule has 0 spiro atoms. The van der Waals surface area contributed by atoms with Crippen LogP contribution in [-0.4, -0.2) is 53.3 Å². The molecular weight excluding hydrogens is 654 g/mol. The second-order valence-electron chi connectivity index (χ2n) is 13.6. The van der Waals surface area contributed by atoms with Crippen molar-refractivity contribution in [2.75, 3.05) is 31.7 Å². The number of ether oxygens (including phenoxy) is 2. The second-order valence-corrected chi connectivity index (χ2v) is 15.6. The molecule has 49 heavy (non-hydrogen) atoms. The summed E-state index contributed by atoms with van der Waals surface area (Å²) in [4.78, 5) is 19.8. The molecule has 1 fully saturated rings. The summed E-state index contributed by atoms with van der Waals surface area (Å²) in [6.45, 7) is 10.5. The number of hydrogen-bond acceptors (Lipinski definition) is 6. The topological polar surface area (TPSA) is 80.8 Å². The van der Waals surface area contributed by atoms with Crippen molar-refractivity contribution in [1.29, 1.82) is 0 Å². The van der Waals surface area contributed by atoms with E-state index in [4.69, 9.17) is 21.1 Å². The lowest BCUT2D eigenvalue weighted by Crippen LogP contribution is -2.44. The molecule has 7 nitrogen and oxygen atoms in total. The van der Waals surface area contributed by atoms with E-state index >= 15 is 0 Å². The summed E-state index contributed by atoms with van der Waals surface area (Å²) in [5, 5.41) is 0.569. The lowest BCUT2D eigenvalue weighted by molar-refractivity contribution is 0.0134. The van der Waals surface area contributed by atoms with Crippen LogP contribution >= 0.6 is 11.6 Å². The van der Waals surface area contributed by atoms with Gasteiger partial charge in [0.1, 0.15) is 16.7 Å². The molecule has 1 aliphatic carbocycles. The first-order valence-corrected chi connectivity index (χ1v) is 19.4. The highest BCUT2D eigenvalue weighted by Crippen LogP contribution is 2.43. The van der Waals surface area contributed by atoms with Gasteiger partial charge in [-0.2, -0.15) is 0 Å². The predicted octanol–water partition coefficient (Wildman–Crippen LogP) is 8.34. The smallest absolute Gasteiger partial charge is 0.263 e. The van der Waals surface area contributed by atoms with Crippen molar-refractivity contribution < 1.29 is 18.5 Å². The Morgan fingerprint density at radius 3 is 2.59 bits per heavy atom. The quantitative estimate of drug-likeness (QED) is 0.269. The Morgan fingerprint density at radius 1 is 1.08 bits per heavy atom. The van der Waals surface area contributed by atoms with Gasteiger partial charge in [0.15, 0.2) is 0 Å². The van der Waals surface area contributed by atoms with Crippen molar-refractivity contribution in [2.45, 2.75) is 83.5 Å². The van der Waals surface area contributed by atoms with Crippen LogP contribution in [0.5, 0.6) is 5.75 Å². The van der Waals surface area contributed by atoms with Crippen molar-refractivity contribution in [3.05, 3.63) is 100 Å². The van der Waals surface area contributed by atoms with Crippen LogP contribution in [-0.2, 0) is 28.6 Å². The van der Waals surface area contributed by atoms with Crippen molar-refractivity contribution in [3.63, 3.8) is 0 Å². The molecule has 3 heterocycles. The number of carbonyl (C=O) groups is 1. The second kappa shape index (κ2) is 17.6. The Bertz CT molecular complexity index is 1600. The summed E-state index contributed by atoms with van der Waals surface area (Å²) < 4.78 is 28.3. The molecule has 1 amide bonds. The summed E-state index contributed by atoms with van der Waals surface area (Å²) >= 11 is 6.40. The fourth-order valence-corrected chi connectivity index (χ4v) is 8.28. The molecule has 1 N–H and O–H groups in total. The number of rotatable bonds is 5. The van der Waals surface area contributed by atoms with E-state index in [-0.39, 0.29) is 29.1 Å². The van der Waals surface area contributed by atoms with E-state index in [1.54, 1.807) is 13.2 Å². The van der Waals surface area contributed by atoms with Gasteiger partial charge in [0.25, 0.3) is 5.91 Å². The minimum atomic E-state index is -1.50. The molecule has 2 bridgehead atoms. The van der Waals surface area contributed by atoms with Gasteiger partial charge < -0.3 is 14.4 Å². The van der Waals surface area contributed by atoms with Crippen LogP contribution in [0.3, 0.4) is 0 Å². The fourth-order valence-electron chi connectivity index (χ4n) is 7.07. The van der Waals surface area contributed by atoms with Crippen molar-refractivity contribution in [3.8, 4) is 5.75 Å². The average molecular weight is 706 g/mol. The van der Waals surface area contributed by atoms with E-state index in [1.165, 1.54) is 11.1 Å². The molecule has 2 aromatic carbocycles. The molecule has 7 unspecified atom stereocenters. The third kappa shape index (κ3) is 9.33. The maximum absolute atomic E-state index is 13.3. The van der Waals surface area contributed by atoms with Crippen molar-refractivity contribution >= 4 is 34.2 Å². The number of benzene rings is 2. The van der Waals surface area contributed by atoms with Crippen molar-refractivity contribution in [2.24, 2.45) is 17.8 Å². The molecule has 9 heteroatoms. The fraction of sp³-hybridized carbons (Fsp3) is 0.500. The summed E-state index contributed by atoms with van der Waals surface area (Å²) in [6.07, 6.45) is 12.3. The Kier molecular flexibility index (Phi) is 13.3. The third-order valence-electron chi connectivity index (χ3n) is 10.4. The van der Waals surface area contributed by atoms with E-state index in [1.807, 2.05) is 49.5 Å². The normalized spacial score (nSPS) is 27.6. The largest absolute Gasteiger partial charge is 0.491 e. The maximum atomic E-state index is 13.3. The van der Waals surface area contributed by atoms with Gasteiger partial charge in [-0.1, -0.05) is 63.1 Å². The Morgan fingerprint density at radius 2 is 1.92 bits per heavy atom. The van der Waals surface area contributed by atoms with E-state index < -0.39 is 11.0 Å². The minimum Gasteiger partial charge on any atom is -0.491 e. The highest BCUT2D eigenvalue weighted by Gasteiger charge is 2.39. The zero-order valence-electron chi connectivity index (χ0n) is 29.6. The van der Waals surface area contributed by atoms with Gasteiger partial charge in [0.2, 0.25) is 0 Å². The zero-order chi connectivity index (χ0) is 34.9. The highest BCUT2D eigenvalue weighted by molar-refractivity contribution is 7.84. The molecular formula is C40H52ClN3O4S. The number of fused-ring (bicyclic) bond motifs is 2. The van der Waals surface area contributed by atoms with Gasteiger partial charge in [-0.3, -0.25) is 14.5 Å². The Hall–Kier alpha value is -3.20. The van der Waals surface area contributed by atoms with Crippen molar-refractivity contribution in [1.82, 2.24) is 9.71 Å². The highest BCUT2D eigenvalue weighted by atomic mass is 35.5. The summed E-state index contributed by atoms with van der Waals surface area (Å²) in [6, 6.07) is 17.8. The molecule has 0 saturated heterocycles. The monoisotopic (exact) mass is 705 g/mol. The van der Waals surface area contributed by atoms with Gasteiger partial charge in [-0.25, -0.2) is 4.21 Å². The number of hydrogen-bond donors (Lipinski definition) is 1. The van der Waals surface area contributed by atoms with E-state index in [0.717, 1.165) is 73.8 Å². The van der Waals surface area contributed by atoms with Crippen LogP contribution in [0.25, 0.3) is 0 Å². The molecule has 1 saturated carbocycles. The number of amides is 1. The predicted molar refractivity (Wildman–Crippen MR) is 201 cm³/mol. The number of pyridine rings is 1. The maximum Gasteiger partial charge on any atom is 0.263 e. The lowest BCUT2D eigenvalue weighted by Gasteiger charge is -2.43. The number of aromatic nitrogens is 1. The number of allylic oxidation sites excluding steroid dienone is 1. The molecule has 7 atom stereocenters. The van der Waals surface area contributed by atoms with Gasteiger partial charge in [-0.05, 0) is 110 Å². The number of aryl methyl sites for hydroxylation is 2. The van der Waals surface area contributed by atoms with Crippen LogP contribution in [0, 0.1) is 17.8 Å². The lowest BCUT2D eigenvalue weighted by atomic mass is 9.70. The van der Waals surface area contributed by atoms with Crippen LogP contribution in [0.15, 0.2) is 72.9 Å². The third-order valence-corrected chi connectivity index (χ3v) is 12.1. The standard InChI is InChI=1S/C33H43ClN2O4S.C7H9N/c1-5-7-23-16-27(34)12-14-28(23)26-19-36-18-25-10-13-29(25)31(39-4)9-6-8-21(2)22(3)41(38)35-33(37)24-11-15-32(40-20-26)30(36)17-24;1-2-7-5-3-4-6-8-7/h6,9,11-12,14-17,21-22,25-26,29,31H,5,7-8,10,13,18-20H2,1-4H3,(H,35,37);3-6H,2H2,1H3/b9-6+;. The van der Waals surface area contributed by atoms with Gasteiger partial charge in [0.05, 0.1) is 23.6 Å². The average Bonchev–Trinajstić information content (AvgIpc) is 3.28. The first-order chi connectivity index (χ1) is 23.7. The van der Waals surface area contributed by atoms with Crippen LogP contribution in [0.4, 0.5) is 5.69 Å². The SMILES string of the molecule is CCCc1cc(Cl)ccc1C1COc2ccc3cc2N(C1)CC1CCC1C(OC)/C=C/CC(C)C(C)S(=O)NC3=O.CCc1ccccn1. The van der Waals surface area contributed by atoms with E-state index in [0.29, 0.717) is 24.0 Å². The van der Waals surface area contributed by atoms with Crippen LogP contribution in [0.2, 0.25) is 5.02 Å². The minimum absolute atomic E-state index is 0.0478. The molecule has 6 rings (SSSR count). The number of nitrogens with zero attached hydrogens (tertiary/aromatic N) is 2. The van der Waals surface area contributed by atoms with Gasteiger partial charge in [-0.15, -0.1) is 0 Å². The number of methoxy groups -OCH3 is 1. The molecule has 1 aromatic heterocycles. The summed E-state index contributed by atoms with van der Waals surface area (Å²) in [7, 11) is 0.296. The molecule has 3 aromatic rings. The van der Waals surface area contributed by atoms with Gasteiger partial charge in [0, 0.05) is 48.6 Å². The first-order valence-electron chi connectivity index (χ1n) is 17.8. The molecule has 264 valence electrons. The van der Waals surface area contributed by atoms with E-state index in [2.05, 4.69) is 59.7 Å². The molecule has 0 radical (unpaired) electrons. The zero-order valence-corrected chi connectivity index (χ0v) is 31.1.